The Labute approximate surface area is 223 Å². The van der Waals surface area contributed by atoms with Crippen molar-refractivity contribution in [2.75, 3.05) is 14.2 Å². The number of para-hydroxylation sites is 1. The molecule has 1 saturated heterocycles. The van der Waals surface area contributed by atoms with Gasteiger partial charge in [-0.15, -0.1) is 0 Å². The highest BCUT2D eigenvalue weighted by Gasteiger charge is 2.46. The van der Waals surface area contributed by atoms with Gasteiger partial charge in [0.05, 0.1) is 44.0 Å². The Morgan fingerprint density at radius 2 is 1.66 bits per heavy atom. The number of hydrogen-bond donors (Lipinski definition) is 1. The van der Waals surface area contributed by atoms with E-state index < -0.39 is 17.7 Å². The molecule has 0 aliphatic carbocycles. The van der Waals surface area contributed by atoms with Gasteiger partial charge in [0.1, 0.15) is 23.0 Å². The predicted molar refractivity (Wildman–Crippen MR) is 146 cm³/mol. The molecule has 198 valence electrons. The van der Waals surface area contributed by atoms with Crippen LogP contribution in [0.1, 0.15) is 47.7 Å². The smallest absolute Gasteiger partial charge is 0.295 e. The minimum Gasteiger partial charge on any atom is -0.507 e. The third-order valence-corrected chi connectivity index (χ3v) is 6.52. The summed E-state index contributed by atoms with van der Waals surface area (Å²) in [4.78, 5) is 28.5. The van der Waals surface area contributed by atoms with Gasteiger partial charge in [-0.1, -0.05) is 36.4 Å². The zero-order valence-electron chi connectivity index (χ0n) is 22.6. The van der Waals surface area contributed by atoms with Crippen LogP contribution in [-0.2, 0) is 16.1 Å². The van der Waals surface area contributed by atoms with E-state index in [1.54, 1.807) is 31.4 Å². The monoisotopic (exact) mass is 515 g/mol. The van der Waals surface area contributed by atoms with Crippen LogP contribution in [0.4, 0.5) is 0 Å². The average Bonchev–Trinajstić information content (AvgIpc) is 3.13. The number of amides is 1. The second kappa shape index (κ2) is 11.0. The average molecular weight is 516 g/mol. The van der Waals surface area contributed by atoms with E-state index in [4.69, 9.17) is 14.2 Å². The Kier molecular flexibility index (Phi) is 7.76. The zero-order chi connectivity index (χ0) is 27.6. The SMILES string of the molecule is COc1ccccc1CN1C(=O)C(=O)/C(=C(/O)c2cc(C)cc(C)c2OC)C1c1ccc(OC(C)C)cc1. The number of benzene rings is 3. The van der Waals surface area contributed by atoms with Crippen molar-refractivity contribution in [3.63, 3.8) is 0 Å². The molecular formula is C31H33NO6. The number of aryl methyl sites for hydroxylation is 2. The first-order valence-corrected chi connectivity index (χ1v) is 12.5. The van der Waals surface area contributed by atoms with Crippen molar-refractivity contribution in [1.82, 2.24) is 4.90 Å². The van der Waals surface area contributed by atoms with Gasteiger partial charge in [0.25, 0.3) is 11.7 Å². The molecule has 0 radical (unpaired) electrons. The molecule has 1 fully saturated rings. The van der Waals surface area contributed by atoms with Gasteiger partial charge in [0.15, 0.2) is 0 Å². The number of methoxy groups -OCH3 is 2. The molecule has 1 unspecified atom stereocenters. The molecule has 0 spiro atoms. The number of ketones is 1. The molecule has 7 nitrogen and oxygen atoms in total. The fraction of sp³-hybridized carbons (Fsp3) is 0.290. The Bertz CT molecular complexity index is 1390. The molecule has 1 heterocycles. The van der Waals surface area contributed by atoms with Crippen molar-refractivity contribution < 1.29 is 28.9 Å². The van der Waals surface area contributed by atoms with Crippen LogP contribution in [0.5, 0.6) is 17.2 Å². The van der Waals surface area contributed by atoms with Crippen molar-refractivity contribution in [3.8, 4) is 17.2 Å². The fourth-order valence-electron chi connectivity index (χ4n) is 4.95. The van der Waals surface area contributed by atoms with Crippen LogP contribution in [0.15, 0.2) is 66.2 Å². The summed E-state index contributed by atoms with van der Waals surface area (Å²) in [6.45, 7) is 7.76. The Balaban J connectivity index is 1.91. The maximum Gasteiger partial charge on any atom is 0.295 e. The first-order chi connectivity index (χ1) is 18.2. The summed E-state index contributed by atoms with van der Waals surface area (Å²) in [5, 5.41) is 11.6. The van der Waals surface area contributed by atoms with Crippen molar-refractivity contribution >= 4 is 17.4 Å². The van der Waals surface area contributed by atoms with Crippen LogP contribution in [0, 0.1) is 13.8 Å². The number of aliphatic hydroxyl groups is 1. The molecule has 4 rings (SSSR count). The number of rotatable bonds is 8. The summed E-state index contributed by atoms with van der Waals surface area (Å²) in [5.74, 6) is -0.0175. The molecule has 1 amide bonds. The third kappa shape index (κ3) is 5.09. The van der Waals surface area contributed by atoms with Gasteiger partial charge >= 0.3 is 0 Å². The number of nitrogens with zero attached hydrogens (tertiary/aromatic N) is 1. The largest absolute Gasteiger partial charge is 0.507 e. The van der Waals surface area contributed by atoms with Gasteiger partial charge in [-0.25, -0.2) is 0 Å². The van der Waals surface area contributed by atoms with E-state index >= 15 is 0 Å². The molecule has 0 saturated carbocycles. The summed E-state index contributed by atoms with van der Waals surface area (Å²) in [7, 11) is 3.07. The number of hydrogen-bond acceptors (Lipinski definition) is 6. The maximum atomic E-state index is 13.5. The van der Waals surface area contributed by atoms with Crippen molar-refractivity contribution in [2.45, 2.75) is 46.4 Å². The van der Waals surface area contributed by atoms with E-state index in [0.29, 0.717) is 28.4 Å². The molecule has 1 N–H and O–H groups in total. The molecule has 3 aromatic rings. The van der Waals surface area contributed by atoms with Crippen molar-refractivity contribution in [3.05, 3.63) is 94.1 Å². The molecule has 3 aromatic carbocycles. The van der Waals surface area contributed by atoms with E-state index in [9.17, 15) is 14.7 Å². The van der Waals surface area contributed by atoms with Crippen molar-refractivity contribution in [1.29, 1.82) is 0 Å². The predicted octanol–water partition coefficient (Wildman–Crippen LogP) is 5.73. The summed E-state index contributed by atoms with van der Waals surface area (Å²) < 4.78 is 16.9. The molecule has 1 aliphatic heterocycles. The first kappa shape index (κ1) is 26.8. The summed E-state index contributed by atoms with van der Waals surface area (Å²) in [6.07, 6.45) is -0.00550. The molecule has 0 bridgehead atoms. The molecule has 1 atom stereocenters. The zero-order valence-corrected chi connectivity index (χ0v) is 22.6. The standard InChI is InChI=1S/C31H33NO6/c1-18(2)38-23-13-11-21(12-14-23)27-26(28(33)24-16-19(3)15-20(4)30(24)37-6)29(34)31(35)32(27)17-22-9-7-8-10-25(22)36-5/h7-16,18,27,33H,17H2,1-6H3/b28-26+. The van der Waals surface area contributed by atoms with Crippen LogP contribution < -0.4 is 14.2 Å². The molecule has 1 aliphatic rings. The minimum absolute atomic E-state index is 0.00530. The quantitative estimate of drug-likeness (QED) is 0.234. The highest BCUT2D eigenvalue weighted by atomic mass is 16.5. The number of likely N-dealkylation sites (tertiary alicyclic amines) is 1. The van der Waals surface area contributed by atoms with Crippen LogP contribution in [0.25, 0.3) is 5.76 Å². The second-order valence-electron chi connectivity index (χ2n) is 9.64. The number of aliphatic hydroxyl groups excluding tert-OH is 1. The Morgan fingerprint density at radius 3 is 2.29 bits per heavy atom. The number of carbonyl (C=O) groups is 2. The number of ether oxygens (including phenoxy) is 3. The summed E-state index contributed by atoms with van der Waals surface area (Å²) in [5.41, 5.74) is 3.48. The van der Waals surface area contributed by atoms with Gasteiger partial charge < -0.3 is 24.2 Å². The van der Waals surface area contributed by atoms with E-state index in [1.165, 1.54) is 12.0 Å². The lowest BCUT2D eigenvalue weighted by atomic mass is 9.93. The van der Waals surface area contributed by atoms with Gasteiger partial charge in [0.2, 0.25) is 0 Å². The summed E-state index contributed by atoms with van der Waals surface area (Å²) >= 11 is 0. The highest BCUT2D eigenvalue weighted by molar-refractivity contribution is 6.46. The van der Waals surface area contributed by atoms with Crippen LogP contribution in [-0.4, -0.2) is 42.0 Å². The minimum atomic E-state index is -0.835. The molecule has 0 aromatic heterocycles. The normalized spacial score (nSPS) is 16.7. The van der Waals surface area contributed by atoms with Crippen molar-refractivity contribution in [2.24, 2.45) is 0 Å². The maximum absolute atomic E-state index is 13.5. The van der Waals surface area contributed by atoms with E-state index in [-0.39, 0.29) is 24.0 Å². The summed E-state index contributed by atoms with van der Waals surface area (Å²) in [6, 6.07) is 17.4. The number of Topliss-reactive ketones (excluding diaryl/α,β-unsaturated/α-hetero) is 1. The van der Waals surface area contributed by atoms with Crippen LogP contribution >= 0.6 is 0 Å². The fourth-order valence-corrected chi connectivity index (χ4v) is 4.95. The second-order valence-corrected chi connectivity index (χ2v) is 9.64. The highest BCUT2D eigenvalue weighted by Crippen LogP contribution is 2.43. The van der Waals surface area contributed by atoms with Crippen LogP contribution in [0.3, 0.4) is 0 Å². The molecule has 7 heteroatoms. The lowest BCUT2D eigenvalue weighted by Gasteiger charge is -2.26. The number of carbonyl (C=O) groups excluding carboxylic acids is 2. The van der Waals surface area contributed by atoms with E-state index in [2.05, 4.69) is 0 Å². The Morgan fingerprint density at radius 1 is 0.974 bits per heavy atom. The van der Waals surface area contributed by atoms with E-state index in [0.717, 1.165) is 16.7 Å². The van der Waals surface area contributed by atoms with Gasteiger partial charge in [-0.05, 0) is 68.7 Å². The Hall–Kier alpha value is -4.26. The lowest BCUT2D eigenvalue weighted by molar-refractivity contribution is -0.140. The van der Waals surface area contributed by atoms with Gasteiger partial charge in [0, 0.05) is 5.56 Å². The van der Waals surface area contributed by atoms with E-state index in [1.807, 2.05) is 64.1 Å². The molecular weight excluding hydrogens is 482 g/mol. The van der Waals surface area contributed by atoms with Crippen LogP contribution in [0.2, 0.25) is 0 Å². The van der Waals surface area contributed by atoms with Gasteiger partial charge in [-0.2, -0.15) is 0 Å². The first-order valence-electron chi connectivity index (χ1n) is 12.5. The molecule has 38 heavy (non-hydrogen) atoms. The van der Waals surface area contributed by atoms with Gasteiger partial charge in [-0.3, -0.25) is 9.59 Å². The lowest BCUT2D eigenvalue weighted by Crippen LogP contribution is -2.29. The topological polar surface area (TPSA) is 85.3 Å². The third-order valence-electron chi connectivity index (χ3n) is 6.52.